The van der Waals surface area contributed by atoms with Crippen molar-refractivity contribution in [2.75, 3.05) is 0 Å². The Labute approximate surface area is 134 Å². The third kappa shape index (κ3) is 2.39. The van der Waals surface area contributed by atoms with Crippen LogP contribution in [0.15, 0.2) is 60.9 Å². The van der Waals surface area contributed by atoms with Crippen molar-refractivity contribution < 1.29 is 0 Å². The highest BCUT2D eigenvalue weighted by Gasteiger charge is 2.25. The Morgan fingerprint density at radius 3 is 2.77 bits per heavy atom. The van der Waals surface area contributed by atoms with Crippen LogP contribution < -0.4 is 5.32 Å². The Morgan fingerprint density at radius 2 is 1.86 bits per heavy atom. The molecule has 1 radical (unpaired) electrons. The lowest BCUT2D eigenvalue weighted by Crippen LogP contribution is -2.09. The second-order valence-electron chi connectivity index (χ2n) is 5.28. The van der Waals surface area contributed by atoms with Gasteiger partial charge in [0.15, 0.2) is 0 Å². The highest BCUT2D eigenvalue weighted by Crippen LogP contribution is 2.32. The summed E-state index contributed by atoms with van der Waals surface area (Å²) >= 11 is 6.07. The van der Waals surface area contributed by atoms with Crippen LogP contribution in [0, 0.1) is 0 Å². The molecule has 0 spiro atoms. The van der Waals surface area contributed by atoms with E-state index in [1.165, 1.54) is 11.1 Å². The van der Waals surface area contributed by atoms with Gasteiger partial charge in [-0.2, -0.15) is 0 Å². The SMILES string of the molecule is Clc1cccc(-c2cc(C3[N]Cc4ccccc43)ncn2)c1. The highest BCUT2D eigenvalue weighted by atomic mass is 35.5. The van der Waals surface area contributed by atoms with E-state index < -0.39 is 0 Å². The molecule has 2 heterocycles. The quantitative estimate of drug-likeness (QED) is 0.718. The van der Waals surface area contributed by atoms with E-state index in [2.05, 4.69) is 22.1 Å². The summed E-state index contributed by atoms with van der Waals surface area (Å²) in [6.45, 7) is 0.747. The van der Waals surface area contributed by atoms with Crippen molar-refractivity contribution in [1.29, 1.82) is 0 Å². The minimum atomic E-state index is -0.00265. The number of aromatic nitrogens is 2. The second-order valence-corrected chi connectivity index (χ2v) is 5.72. The average Bonchev–Trinajstić information content (AvgIpc) is 2.99. The van der Waals surface area contributed by atoms with Crippen molar-refractivity contribution in [2.45, 2.75) is 12.6 Å². The molecule has 4 rings (SSSR count). The number of hydrogen-bond donors (Lipinski definition) is 0. The molecule has 1 aliphatic rings. The summed E-state index contributed by atoms with van der Waals surface area (Å²) in [4.78, 5) is 8.80. The van der Waals surface area contributed by atoms with Gasteiger partial charge in [0.2, 0.25) is 0 Å². The maximum Gasteiger partial charge on any atom is 0.116 e. The maximum atomic E-state index is 6.07. The molecule has 22 heavy (non-hydrogen) atoms. The molecule has 107 valence electrons. The molecule has 1 aliphatic heterocycles. The third-order valence-corrected chi connectivity index (χ3v) is 4.12. The molecule has 3 aromatic rings. The zero-order valence-electron chi connectivity index (χ0n) is 11.8. The van der Waals surface area contributed by atoms with E-state index in [-0.39, 0.29) is 6.04 Å². The first-order valence-corrected chi connectivity index (χ1v) is 7.51. The minimum Gasteiger partial charge on any atom is -0.239 e. The predicted octanol–water partition coefficient (Wildman–Crippen LogP) is 4.00. The monoisotopic (exact) mass is 306 g/mol. The van der Waals surface area contributed by atoms with Crippen LogP contribution >= 0.6 is 11.6 Å². The van der Waals surface area contributed by atoms with Crippen molar-refractivity contribution in [2.24, 2.45) is 0 Å². The van der Waals surface area contributed by atoms with E-state index in [9.17, 15) is 0 Å². The van der Waals surface area contributed by atoms with Gasteiger partial charge in [0, 0.05) is 17.1 Å². The summed E-state index contributed by atoms with van der Waals surface area (Å²) in [6, 6.07) is 18.0. The fourth-order valence-corrected chi connectivity index (χ4v) is 3.00. The molecule has 4 heteroatoms. The van der Waals surface area contributed by atoms with Crippen molar-refractivity contribution in [1.82, 2.24) is 15.3 Å². The average molecular weight is 307 g/mol. The number of fused-ring (bicyclic) bond motifs is 1. The Hall–Kier alpha value is -2.23. The molecule has 3 nitrogen and oxygen atoms in total. The Morgan fingerprint density at radius 1 is 0.955 bits per heavy atom. The van der Waals surface area contributed by atoms with Gasteiger partial charge < -0.3 is 0 Å². The topological polar surface area (TPSA) is 39.9 Å². The molecule has 0 N–H and O–H groups in total. The number of nitrogens with zero attached hydrogens (tertiary/aromatic N) is 3. The Kier molecular flexibility index (Phi) is 3.37. The summed E-state index contributed by atoms with van der Waals surface area (Å²) in [6.07, 6.45) is 1.60. The molecule has 0 amide bonds. The van der Waals surface area contributed by atoms with E-state index in [1.807, 2.05) is 42.5 Å². The lowest BCUT2D eigenvalue weighted by molar-refractivity contribution is 0.634. The minimum absolute atomic E-state index is 0.00265. The molecule has 0 saturated carbocycles. The summed E-state index contributed by atoms with van der Waals surface area (Å²) in [5.41, 5.74) is 5.29. The van der Waals surface area contributed by atoms with Gasteiger partial charge in [-0.15, -0.1) is 0 Å². The van der Waals surface area contributed by atoms with Crippen LogP contribution in [-0.4, -0.2) is 9.97 Å². The fourth-order valence-electron chi connectivity index (χ4n) is 2.81. The molecular formula is C18H13ClN3. The van der Waals surface area contributed by atoms with E-state index in [4.69, 9.17) is 16.9 Å². The van der Waals surface area contributed by atoms with Crippen LogP contribution in [-0.2, 0) is 6.54 Å². The zero-order valence-corrected chi connectivity index (χ0v) is 12.5. The van der Waals surface area contributed by atoms with Gasteiger partial charge >= 0.3 is 0 Å². The number of benzene rings is 2. The first-order chi connectivity index (χ1) is 10.8. The van der Waals surface area contributed by atoms with Crippen molar-refractivity contribution in [3.63, 3.8) is 0 Å². The largest absolute Gasteiger partial charge is 0.239 e. The van der Waals surface area contributed by atoms with Gasteiger partial charge in [-0.05, 0) is 29.3 Å². The second kappa shape index (κ2) is 5.52. The smallest absolute Gasteiger partial charge is 0.116 e. The fraction of sp³-hybridized carbons (Fsp3) is 0.111. The molecule has 1 atom stereocenters. The first kappa shape index (κ1) is 13.4. The van der Waals surface area contributed by atoms with Crippen LogP contribution in [0.1, 0.15) is 22.9 Å². The lowest BCUT2D eigenvalue weighted by atomic mass is 10.0. The lowest BCUT2D eigenvalue weighted by Gasteiger charge is -2.11. The number of hydrogen-bond acceptors (Lipinski definition) is 2. The molecular weight excluding hydrogens is 294 g/mol. The molecule has 0 bridgehead atoms. The van der Waals surface area contributed by atoms with Crippen LogP contribution in [0.25, 0.3) is 11.3 Å². The molecule has 0 aliphatic carbocycles. The molecule has 1 aromatic heterocycles. The highest BCUT2D eigenvalue weighted by molar-refractivity contribution is 6.30. The van der Waals surface area contributed by atoms with Gasteiger partial charge in [-0.25, -0.2) is 15.3 Å². The van der Waals surface area contributed by atoms with E-state index >= 15 is 0 Å². The number of halogens is 1. The zero-order chi connectivity index (χ0) is 14.9. The van der Waals surface area contributed by atoms with Gasteiger partial charge in [-0.1, -0.05) is 48.0 Å². The van der Waals surface area contributed by atoms with Crippen molar-refractivity contribution in [3.05, 3.63) is 82.8 Å². The van der Waals surface area contributed by atoms with E-state index in [1.54, 1.807) is 6.33 Å². The summed E-state index contributed by atoms with van der Waals surface area (Å²) in [7, 11) is 0. The summed E-state index contributed by atoms with van der Waals surface area (Å²) in [5, 5.41) is 5.41. The predicted molar refractivity (Wildman–Crippen MR) is 86.6 cm³/mol. The van der Waals surface area contributed by atoms with Gasteiger partial charge in [0.1, 0.15) is 6.33 Å². The standard InChI is InChI=1S/C18H13ClN3/c19-14-6-3-5-12(8-14)16-9-17(22-11-21-16)18-15-7-2-1-4-13(15)10-20-18/h1-9,11,18H,10H2. The first-order valence-electron chi connectivity index (χ1n) is 7.13. The van der Waals surface area contributed by atoms with Crippen molar-refractivity contribution in [3.8, 4) is 11.3 Å². The normalized spacial score (nSPS) is 16.5. The maximum absolute atomic E-state index is 6.07. The van der Waals surface area contributed by atoms with Gasteiger partial charge in [0.05, 0.1) is 17.4 Å². The Bertz CT molecular complexity index is 832. The van der Waals surface area contributed by atoms with Crippen LogP contribution in [0.3, 0.4) is 0 Å². The summed E-state index contributed by atoms with van der Waals surface area (Å²) < 4.78 is 0. The molecule has 0 fully saturated rings. The van der Waals surface area contributed by atoms with E-state index in [0.717, 1.165) is 23.5 Å². The van der Waals surface area contributed by atoms with Crippen LogP contribution in [0.2, 0.25) is 5.02 Å². The number of rotatable bonds is 2. The van der Waals surface area contributed by atoms with E-state index in [0.29, 0.717) is 5.02 Å². The summed E-state index contributed by atoms with van der Waals surface area (Å²) in [5.74, 6) is 0. The third-order valence-electron chi connectivity index (χ3n) is 3.88. The molecule has 0 saturated heterocycles. The Balaban J connectivity index is 1.74. The molecule has 2 aromatic carbocycles. The van der Waals surface area contributed by atoms with Gasteiger partial charge in [0.25, 0.3) is 0 Å². The van der Waals surface area contributed by atoms with Crippen LogP contribution in [0.5, 0.6) is 0 Å². The van der Waals surface area contributed by atoms with Crippen LogP contribution in [0.4, 0.5) is 0 Å². The van der Waals surface area contributed by atoms with Crippen molar-refractivity contribution >= 4 is 11.6 Å². The molecule has 1 unspecified atom stereocenters. The van der Waals surface area contributed by atoms with Gasteiger partial charge in [-0.3, -0.25) is 0 Å².